The summed E-state index contributed by atoms with van der Waals surface area (Å²) in [4.78, 5) is 4.32. The van der Waals surface area contributed by atoms with E-state index >= 15 is 0 Å². The number of hydrogen-bond acceptors (Lipinski definition) is 4. The van der Waals surface area contributed by atoms with Gasteiger partial charge in [-0.15, -0.1) is 0 Å². The van der Waals surface area contributed by atoms with Crippen LogP contribution in [0.25, 0.3) is 0 Å². The van der Waals surface area contributed by atoms with Gasteiger partial charge in [0.05, 0.1) is 18.8 Å². The van der Waals surface area contributed by atoms with Crippen LogP contribution in [0.3, 0.4) is 0 Å². The molecule has 0 atom stereocenters. The third-order valence-corrected chi connectivity index (χ3v) is 5.45. The topological polar surface area (TPSA) is 68.3 Å². The molecule has 1 aromatic carbocycles. The van der Waals surface area contributed by atoms with Crippen LogP contribution in [0.1, 0.15) is 43.0 Å². The maximum atomic E-state index is 12.8. The SMILES string of the molecule is CCCCCOc1cc(C)c(C)cc1S(=O)(=O)NCc1ccccn1. The molecule has 0 bridgehead atoms. The summed E-state index contributed by atoms with van der Waals surface area (Å²) in [5.74, 6) is 0.410. The highest BCUT2D eigenvalue weighted by Gasteiger charge is 2.21. The molecule has 0 saturated heterocycles. The van der Waals surface area contributed by atoms with E-state index in [-0.39, 0.29) is 11.4 Å². The average molecular weight is 362 g/mol. The van der Waals surface area contributed by atoms with Gasteiger partial charge in [0.15, 0.2) is 0 Å². The zero-order valence-electron chi connectivity index (χ0n) is 15.1. The van der Waals surface area contributed by atoms with Gasteiger partial charge in [-0.05, 0) is 55.7 Å². The number of hydrogen-bond donors (Lipinski definition) is 1. The first-order valence-electron chi connectivity index (χ1n) is 8.57. The second kappa shape index (κ2) is 8.97. The Morgan fingerprint density at radius 1 is 1.12 bits per heavy atom. The molecular weight excluding hydrogens is 336 g/mol. The first-order chi connectivity index (χ1) is 11.9. The lowest BCUT2D eigenvalue weighted by atomic mass is 10.1. The van der Waals surface area contributed by atoms with Gasteiger partial charge in [0.25, 0.3) is 0 Å². The van der Waals surface area contributed by atoms with Crippen LogP contribution in [0, 0.1) is 13.8 Å². The molecule has 1 heterocycles. The largest absolute Gasteiger partial charge is 0.492 e. The number of unbranched alkanes of at least 4 members (excludes halogenated alkanes) is 2. The summed E-state index contributed by atoms with van der Waals surface area (Å²) < 4.78 is 33.9. The molecule has 0 aliphatic carbocycles. The van der Waals surface area contributed by atoms with Crippen LogP contribution in [-0.4, -0.2) is 20.0 Å². The summed E-state index contributed by atoms with van der Waals surface area (Å²) in [7, 11) is -3.69. The van der Waals surface area contributed by atoms with Crippen LogP contribution in [0.4, 0.5) is 0 Å². The minimum atomic E-state index is -3.69. The van der Waals surface area contributed by atoms with Crippen molar-refractivity contribution in [2.24, 2.45) is 0 Å². The number of sulfonamides is 1. The number of aryl methyl sites for hydroxylation is 2. The van der Waals surface area contributed by atoms with E-state index in [0.29, 0.717) is 18.1 Å². The maximum Gasteiger partial charge on any atom is 0.244 e. The van der Waals surface area contributed by atoms with Gasteiger partial charge in [0.2, 0.25) is 10.0 Å². The molecule has 0 saturated carbocycles. The highest BCUT2D eigenvalue weighted by molar-refractivity contribution is 7.89. The van der Waals surface area contributed by atoms with Gasteiger partial charge in [0.1, 0.15) is 10.6 Å². The fourth-order valence-electron chi connectivity index (χ4n) is 2.37. The normalized spacial score (nSPS) is 11.5. The van der Waals surface area contributed by atoms with Crippen molar-refractivity contribution in [2.75, 3.05) is 6.61 Å². The van der Waals surface area contributed by atoms with Crippen LogP contribution in [0.2, 0.25) is 0 Å². The molecule has 2 rings (SSSR count). The molecule has 0 aliphatic heterocycles. The van der Waals surface area contributed by atoms with Crippen molar-refractivity contribution in [2.45, 2.75) is 51.5 Å². The number of benzene rings is 1. The third-order valence-electron chi connectivity index (χ3n) is 4.02. The van der Waals surface area contributed by atoms with E-state index in [1.807, 2.05) is 19.9 Å². The molecule has 1 aromatic heterocycles. The summed E-state index contributed by atoms with van der Waals surface area (Å²) in [5.41, 5.74) is 2.59. The zero-order chi connectivity index (χ0) is 18.3. The fourth-order valence-corrected chi connectivity index (χ4v) is 3.58. The van der Waals surface area contributed by atoms with Gasteiger partial charge < -0.3 is 4.74 Å². The van der Waals surface area contributed by atoms with Gasteiger partial charge in [-0.1, -0.05) is 25.8 Å². The average Bonchev–Trinajstić information content (AvgIpc) is 2.60. The summed E-state index contributed by atoms with van der Waals surface area (Å²) in [6.45, 7) is 6.62. The molecule has 2 aromatic rings. The molecule has 0 unspecified atom stereocenters. The summed E-state index contributed by atoms with van der Waals surface area (Å²) >= 11 is 0. The predicted molar refractivity (Wildman–Crippen MR) is 99.2 cm³/mol. The Bertz CT molecular complexity index is 790. The first-order valence-corrected chi connectivity index (χ1v) is 10.1. The second-order valence-electron chi connectivity index (χ2n) is 6.08. The quantitative estimate of drug-likeness (QED) is 0.690. The van der Waals surface area contributed by atoms with Crippen molar-refractivity contribution in [3.05, 3.63) is 53.3 Å². The van der Waals surface area contributed by atoms with Crippen molar-refractivity contribution >= 4 is 10.0 Å². The molecule has 0 fully saturated rings. The number of pyridine rings is 1. The second-order valence-corrected chi connectivity index (χ2v) is 7.82. The van der Waals surface area contributed by atoms with Gasteiger partial charge in [-0.3, -0.25) is 4.98 Å². The Kier molecular flexibility index (Phi) is 6.96. The number of nitrogens with one attached hydrogen (secondary N) is 1. The highest BCUT2D eigenvalue weighted by atomic mass is 32.2. The molecule has 25 heavy (non-hydrogen) atoms. The summed E-state index contributed by atoms with van der Waals surface area (Å²) in [6, 6.07) is 8.88. The molecule has 136 valence electrons. The zero-order valence-corrected chi connectivity index (χ0v) is 15.9. The molecule has 6 heteroatoms. The van der Waals surface area contributed by atoms with E-state index in [2.05, 4.69) is 16.6 Å². The van der Waals surface area contributed by atoms with E-state index in [9.17, 15) is 8.42 Å². The summed E-state index contributed by atoms with van der Waals surface area (Å²) in [5, 5.41) is 0. The van der Waals surface area contributed by atoms with Crippen molar-refractivity contribution in [3.63, 3.8) is 0 Å². The lowest BCUT2D eigenvalue weighted by molar-refractivity contribution is 0.298. The van der Waals surface area contributed by atoms with Crippen molar-refractivity contribution in [1.29, 1.82) is 0 Å². The van der Waals surface area contributed by atoms with Gasteiger partial charge in [0, 0.05) is 6.20 Å². The smallest absolute Gasteiger partial charge is 0.244 e. The lowest BCUT2D eigenvalue weighted by Gasteiger charge is -2.15. The Morgan fingerprint density at radius 2 is 1.88 bits per heavy atom. The molecular formula is C19H26N2O3S. The minimum Gasteiger partial charge on any atom is -0.492 e. The molecule has 0 aliphatic rings. The van der Waals surface area contributed by atoms with E-state index in [0.717, 1.165) is 30.4 Å². The molecule has 0 radical (unpaired) electrons. The van der Waals surface area contributed by atoms with Gasteiger partial charge in [-0.25, -0.2) is 13.1 Å². The molecule has 0 spiro atoms. The molecule has 1 N–H and O–H groups in total. The first kappa shape index (κ1) is 19.4. The predicted octanol–water partition coefficient (Wildman–Crippen LogP) is 3.75. The number of ether oxygens (including phenoxy) is 1. The maximum absolute atomic E-state index is 12.8. The van der Waals surface area contributed by atoms with Crippen LogP contribution in [0.5, 0.6) is 5.75 Å². The van der Waals surface area contributed by atoms with Crippen LogP contribution < -0.4 is 9.46 Å². The van der Waals surface area contributed by atoms with E-state index in [1.165, 1.54) is 0 Å². The van der Waals surface area contributed by atoms with Crippen LogP contribution >= 0.6 is 0 Å². The van der Waals surface area contributed by atoms with E-state index < -0.39 is 10.0 Å². The Morgan fingerprint density at radius 3 is 2.56 bits per heavy atom. The number of aromatic nitrogens is 1. The van der Waals surface area contributed by atoms with Crippen molar-refractivity contribution < 1.29 is 13.2 Å². The molecule has 0 amide bonds. The highest BCUT2D eigenvalue weighted by Crippen LogP contribution is 2.28. The van der Waals surface area contributed by atoms with Crippen LogP contribution in [-0.2, 0) is 16.6 Å². The molecule has 5 nitrogen and oxygen atoms in total. The third kappa shape index (κ3) is 5.54. The fraction of sp³-hybridized carbons (Fsp3) is 0.421. The van der Waals surface area contributed by atoms with Crippen molar-refractivity contribution in [1.82, 2.24) is 9.71 Å². The van der Waals surface area contributed by atoms with E-state index in [4.69, 9.17) is 4.74 Å². The number of rotatable bonds is 9. The Hall–Kier alpha value is -1.92. The van der Waals surface area contributed by atoms with Crippen molar-refractivity contribution in [3.8, 4) is 5.75 Å². The summed E-state index contributed by atoms with van der Waals surface area (Å²) in [6.07, 6.45) is 4.70. The number of nitrogens with zero attached hydrogens (tertiary/aromatic N) is 1. The van der Waals surface area contributed by atoms with Crippen LogP contribution in [0.15, 0.2) is 41.4 Å². The Labute approximate surface area is 150 Å². The Balaban J connectivity index is 2.20. The van der Waals surface area contributed by atoms with E-state index in [1.54, 1.807) is 30.5 Å². The lowest BCUT2D eigenvalue weighted by Crippen LogP contribution is -2.24. The van der Waals surface area contributed by atoms with Gasteiger partial charge in [-0.2, -0.15) is 0 Å². The monoisotopic (exact) mass is 362 g/mol. The van der Waals surface area contributed by atoms with Gasteiger partial charge >= 0.3 is 0 Å². The minimum absolute atomic E-state index is 0.144. The standard InChI is InChI=1S/C19H26N2O3S/c1-4-5-8-11-24-18-12-15(2)16(3)13-19(18)25(22,23)21-14-17-9-6-7-10-20-17/h6-7,9-10,12-13,21H,4-5,8,11,14H2,1-3H3.